The molecular formula is C33H33ClN4O8S. The van der Waals surface area contributed by atoms with E-state index < -0.39 is 17.9 Å². The zero-order valence-electron chi connectivity index (χ0n) is 25.9. The monoisotopic (exact) mass is 680 g/mol. The lowest BCUT2D eigenvalue weighted by atomic mass is 9.95. The first-order chi connectivity index (χ1) is 22.8. The van der Waals surface area contributed by atoms with Crippen molar-refractivity contribution in [3.8, 4) is 28.7 Å². The van der Waals surface area contributed by atoms with Gasteiger partial charge >= 0.3 is 5.97 Å². The van der Waals surface area contributed by atoms with E-state index in [1.807, 2.05) is 25.1 Å². The Morgan fingerprint density at radius 2 is 1.85 bits per heavy atom. The number of ether oxygens (including phenoxy) is 6. The molecule has 0 unspecified atom stereocenters. The number of carbonyl (C=O) groups excluding carboxylic acids is 2. The van der Waals surface area contributed by atoms with E-state index in [-0.39, 0.29) is 26.6 Å². The minimum absolute atomic E-state index is 0.188. The molecule has 2 heterocycles. The number of hydrogen-bond acceptors (Lipinski definition) is 10. The average molecular weight is 681 g/mol. The molecule has 0 aromatic heterocycles. The standard InChI is InChI=1S/C33H33ClN4O8S/c1-4-41-27-14-21(12-23(34)31(27)44-16-20-10-11-25-26(13-20)46-18-45-25)15-35-38-28(39)17-43-24-9-7-6-8-22(24)30-29(32(40)42-5-2)19(3)36-33(47)37-30/h6-15,30H,4-5,16-18H2,1-3H3,(H,38,39)(H2,36,37,47)/t30-/m1/s1. The highest BCUT2D eigenvalue weighted by molar-refractivity contribution is 7.80. The Bertz CT molecular complexity index is 1730. The number of allylic oxidation sites excluding steroid dienone is 1. The van der Waals surface area contributed by atoms with E-state index in [0.717, 1.165) is 5.56 Å². The van der Waals surface area contributed by atoms with E-state index in [4.69, 9.17) is 52.2 Å². The molecule has 14 heteroatoms. The van der Waals surface area contributed by atoms with Crippen LogP contribution in [0.15, 0.2) is 71.0 Å². The van der Waals surface area contributed by atoms with Crippen molar-refractivity contribution in [2.75, 3.05) is 26.6 Å². The quantitative estimate of drug-likeness (QED) is 0.0981. The Labute approximate surface area is 281 Å². The van der Waals surface area contributed by atoms with Crippen molar-refractivity contribution in [3.63, 3.8) is 0 Å². The molecule has 47 heavy (non-hydrogen) atoms. The van der Waals surface area contributed by atoms with Crippen LogP contribution in [0.4, 0.5) is 0 Å². The topological polar surface area (TPSA) is 138 Å². The van der Waals surface area contributed by atoms with Gasteiger partial charge in [-0.2, -0.15) is 5.10 Å². The van der Waals surface area contributed by atoms with Crippen molar-refractivity contribution in [3.05, 3.63) is 87.6 Å². The fourth-order valence-electron chi connectivity index (χ4n) is 4.86. The van der Waals surface area contributed by atoms with E-state index in [2.05, 4.69) is 21.2 Å². The van der Waals surface area contributed by atoms with Crippen LogP contribution in [0.3, 0.4) is 0 Å². The van der Waals surface area contributed by atoms with Crippen LogP contribution in [-0.2, 0) is 20.9 Å². The van der Waals surface area contributed by atoms with Crippen molar-refractivity contribution in [2.45, 2.75) is 33.4 Å². The van der Waals surface area contributed by atoms with Crippen molar-refractivity contribution < 1.29 is 38.0 Å². The second kappa shape index (κ2) is 15.5. The second-order valence-electron chi connectivity index (χ2n) is 10.1. The van der Waals surface area contributed by atoms with Crippen molar-refractivity contribution in [2.24, 2.45) is 5.10 Å². The van der Waals surface area contributed by atoms with E-state index in [9.17, 15) is 9.59 Å². The molecule has 0 spiro atoms. The Hall–Kier alpha value is -5.01. The van der Waals surface area contributed by atoms with Crippen LogP contribution in [0, 0.1) is 0 Å². The summed E-state index contributed by atoms with van der Waals surface area (Å²) in [6.45, 7) is 5.98. The third kappa shape index (κ3) is 8.23. The maximum absolute atomic E-state index is 12.8. The molecule has 0 bridgehead atoms. The number of hydrazone groups is 1. The van der Waals surface area contributed by atoms with E-state index >= 15 is 0 Å². The maximum atomic E-state index is 12.8. The zero-order chi connectivity index (χ0) is 33.3. The summed E-state index contributed by atoms with van der Waals surface area (Å²) in [5.74, 6) is 1.52. The molecule has 0 saturated carbocycles. The van der Waals surface area contributed by atoms with Crippen molar-refractivity contribution >= 4 is 47.0 Å². The van der Waals surface area contributed by atoms with Gasteiger partial charge in [-0.15, -0.1) is 0 Å². The van der Waals surface area contributed by atoms with Gasteiger partial charge in [0.1, 0.15) is 12.4 Å². The normalized spacial score (nSPS) is 15.1. The van der Waals surface area contributed by atoms with Crippen LogP contribution in [0.25, 0.3) is 0 Å². The van der Waals surface area contributed by atoms with Gasteiger partial charge in [-0.3, -0.25) is 4.79 Å². The molecule has 1 atom stereocenters. The third-order valence-electron chi connectivity index (χ3n) is 6.91. The first-order valence-corrected chi connectivity index (χ1v) is 15.5. The van der Waals surface area contributed by atoms with Gasteiger partial charge in [-0.05, 0) is 74.4 Å². The molecule has 3 aromatic rings. The first-order valence-electron chi connectivity index (χ1n) is 14.7. The lowest BCUT2D eigenvalue weighted by Gasteiger charge is -2.30. The number of esters is 1. The summed E-state index contributed by atoms with van der Waals surface area (Å²) in [5.41, 5.74) is 5.42. The van der Waals surface area contributed by atoms with Gasteiger partial charge in [0.05, 0.1) is 36.1 Å². The molecule has 2 aliphatic heterocycles. The number of fused-ring (bicyclic) bond motifs is 1. The molecule has 0 fully saturated rings. The maximum Gasteiger partial charge on any atom is 0.338 e. The molecule has 246 valence electrons. The molecule has 3 aromatic carbocycles. The second-order valence-corrected chi connectivity index (χ2v) is 11.0. The predicted molar refractivity (Wildman–Crippen MR) is 178 cm³/mol. The zero-order valence-corrected chi connectivity index (χ0v) is 27.5. The number of nitrogens with one attached hydrogen (secondary N) is 3. The molecule has 0 saturated heterocycles. The van der Waals surface area contributed by atoms with Gasteiger partial charge in [-0.25, -0.2) is 10.2 Å². The Morgan fingerprint density at radius 1 is 1.04 bits per heavy atom. The van der Waals surface area contributed by atoms with Gasteiger partial charge in [0.15, 0.2) is 34.7 Å². The highest BCUT2D eigenvalue weighted by Crippen LogP contribution is 2.38. The van der Waals surface area contributed by atoms with Crippen LogP contribution in [0.2, 0.25) is 5.02 Å². The van der Waals surface area contributed by atoms with Gasteiger partial charge in [0.25, 0.3) is 5.91 Å². The number of halogens is 1. The number of benzene rings is 3. The van der Waals surface area contributed by atoms with Crippen LogP contribution in [0.5, 0.6) is 28.7 Å². The molecule has 12 nitrogen and oxygen atoms in total. The number of carbonyl (C=O) groups is 2. The van der Waals surface area contributed by atoms with E-state index in [1.165, 1.54) is 6.21 Å². The average Bonchev–Trinajstić information content (AvgIpc) is 3.51. The van der Waals surface area contributed by atoms with Crippen LogP contribution in [-0.4, -0.2) is 49.8 Å². The molecule has 3 N–H and O–H groups in total. The fraction of sp³-hybridized carbons (Fsp3) is 0.273. The van der Waals surface area contributed by atoms with Crippen LogP contribution >= 0.6 is 23.8 Å². The SMILES string of the molecule is CCOC(=O)C1=C(C)NC(=S)N[C@@H]1c1ccccc1OCC(=O)NN=Cc1cc(Cl)c(OCc2ccc3c(c2)OCO3)c(OCC)c1. The summed E-state index contributed by atoms with van der Waals surface area (Å²) in [6, 6.07) is 15.3. The third-order valence-corrected chi connectivity index (χ3v) is 7.41. The Balaban J connectivity index is 1.22. The van der Waals surface area contributed by atoms with Crippen molar-refractivity contribution in [1.82, 2.24) is 16.1 Å². The highest BCUT2D eigenvalue weighted by Gasteiger charge is 2.32. The molecular weight excluding hydrogens is 648 g/mol. The number of rotatable bonds is 13. The lowest BCUT2D eigenvalue weighted by Crippen LogP contribution is -2.45. The Kier molecular flexibility index (Phi) is 11.0. The summed E-state index contributed by atoms with van der Waals surface area (Å²) in [5, 5.41) is 10.8. The molecule has 0 radical (unpaired) electrons. The minimum atomic E-state index is -0.645. The summed E-state index contributed by atoms with van der Waals surface area (Å²) in [6.07, 6.45) is 1.43. The summed E-state index contributed by atoms with van der Waals surface area (Å²) in [4.78, 5) is 25.4. The van der Waals surface area contributed by atoms with Gasteiger partial charge < -0.3 is 39.1 Å². The fourth-order valence-corrected chi connectivity index (χ4v) is 5.41. The number of amides is 1. The number of para-hydroxylation sites is 1. The smallest absolute Gasteiger partial charge is 0.338 e. The van der Waals surface area contributed by atoms with Crippen molar-refractivity contribution in [1.29, 1.82) is 0 Å². The summed E-state index contributed by atoms with van der Waals surface area (Å²) in [7, 11) is 0. The molecule has 2 aliphatic rings. The van der Waals surface area contributed by atoms with Crippen LogP contribution < -0.4 is 39.7 Å². The van der Waals surface area contributed by atoms with E-state index in [1.54, 1.807) is 50.2 Å². The first kappa shape index (κ1) is 33.4. The minimum Gasteiger partial charge on any atom is -0.490 e. The summed E-state index contributed by atoms with van der Waals surface area (Å²) >= 11 is 11.9. The Morgan fingerprint density at radius 3 is 2.66 bits per heavy atom. The molecule has 5 rings (SSSR count). The number of nitrogens with zero attached hydrogens (tertiary/aromatic N) is 1. The van der Waals surface area contributed by atoms with Gasteiger partial charge in [-0.1, -0.05) is 35.9 Å². The predicted octanol–water partition coefficient (Wildman–Crippen LogP) is 4.93. The molecule has 0 aliphatic carbocycles. The van der Waals surface area contributed by atoms with E-state index in [0.29, 0.717) is 67.9 Å². The highest BCUT2D eigenvalue weighted by atomic mass is 35.5. The number of hydrogen-bond donors (Lipinski definition) is 3. The summed E-state index contributed by atoms with van der Waals surface area (Å²) < 4.78 is 33.7. The van der Waals surface area contributed by atoms with Crippen LogP contribution in [0.1, 0.15) is 43.5 Å². The number of thiocarbonyl (C=S) groups is 1. The largest absolute Gasteiger partial charge is 0.490 e. The van der Waals surface area contributed by atoms with Gasteiger partial charge in [0.2, 0.25) is 6.79 Å². The van der Waals surface area contributed by atoms with Gasteiger partial charge in [0, 0.05) is 11.3 Å². The molecule has 1 amide bonds. The lowest BCUT2D eigenvalue weighted by molar-refractivity contribution is -0.139.